The third kappa shape index (κ3) is 1.61. The number of aryl methyl sites for hydroxylation is 1. The van der Waals surface area contributed by atoms with Gasteiger partial charge >= 0.3 is 5.97 Å². The SMILES string of the molecule is COC(=O)c1cnc2c(c1)c(Br)nn2C. The van der Waals surface area contributed by atoms with Gasteiger partial charge in [0.1, 0.15) is 4.60 Å². The molecule has 0 aromatic carbocycles. The molecule has 2 heterocycles. The number of hydrogen-bond acceptors (Lipinski definition) is 4. The zero-order chi connectivity index (χ0) is 11.0. The topological polar surface area (TPSA) is 57.0 Å². The van der Waals surface area contributed by atoms with Gasteiger partial charge in [-0.3, -0.25) is 0 Å². The molecule has 0 fully saturated rings. The Morgan fingerprint density at radius 2 is 2.33 bits per heavy atom. The highest BCUT2D eigenvalue weighted by Crippen LogP contribution is 2.21. The molecule has 0 saturated heterocycles. The van der Waals surface area contributed by atoms with Crippen molar-refractivity contribution in [3.63, 3.8) is 0 Å². The third-order valence-electron chi connectivity index (χ3n) is 2.05. The van der Waals surface area contributed by atoms with E-state index in [9.17, 15) is 4.79 Å². The van der Waals surface area contributed by atoms with Crippen molar-refractivity contribution in [3.05, 3.63) is 22.4 Å². The molecule has 78 valence electrons. The summed E-state index contributed by atoms with van der Waals surface area (Å²) in [5, 5.41) is 4.93. The fourth-order valence-corrected chi connectivity index (χ4v) is 1.86. The summed E-state index contributed by atoms with van der Waals surface area (Å²) in [6, 6.07) is 1.70. The van der Waals surface area contributed by atoms with Gasteiger partial charge in [-0.1, -0.05) is 0 Å². The summed E-state index contributed by atoms with van der Waals surface area (Å²) in [7, 11) is 3.13. The summed E-state index contributed by atoms with van der Waals surface area (Å²) < 4.78 is 6.91. The normalized spacial score (nSPS) is 10.6. The lowest BCUT2D eigenvalue weighted by molar-refractivity contribution is 0.0600. The summed E-state index contributed by atoms with van der Waals surface area (Å²) in [5.41, 5.74) is 1.13. The maximum atomic E-state index is 11.3. The molecule has 0 aliphatic rings. The molecule has 0 amide bonds. The predicted molar refractivity (Wildman–Crippen MR) is 57.5 cm³/mol. The number of esters is 1. The van der Waals surface area contributed by atoms with E-state index < -0.39 is 5.97 Å². The maximum Gasteiger partial charge on any atom is 0.339 e. The second-order valence-electron chi connectivity index (χ2n) is 3.00. The van der Waals surface area contributed by atoms with E-state index in [1.807, 2.05) is 0 Å². The van der Waals surface area contributed by atoms with E-state index in [1.165, 1.54) is 13.3 Å². The number of halogens is 1. The van der Waals surface area contributed by atoms with E-state index in [0.29, 0.717) is 10.2 Å². The first-order valence-corrected chi connectivity index (χ1v) is 4.99. The average molecular weight is 270 g/mol. The minimum absolute atomic E-state index is 0.403. The summed E-state index contributed by atoms with van der Waals surface area (Å²) in [6.07, 6.45) is 1.47. The molecule has 6 heteroatoms. The van der Waals surface area contributed by atoms with Crippen LogP contribution in [-0.4, -0.2) is 27.8 Å². The van der Waals surface area contributed by atoms with Gasteiger partial charge in [-0.25, -0.2) is 14.5 Å². The first kappa shape index (κ1) is 10.1. The fraction of sp³-hybridized carbons (Fsp3) is 0.222. The van der Waals surface area contributed by atoms with E-state index in [4.69, 9.17) is 0 Å². The van der Waals surface area contributed by atoms with Crippen molar-refractivity contribution in [2.75, 3.05) is 7.11 Å². The van der Waals surface area contributed by atoms with Crippen molar-refractivity contribution in [2.24, 2.45) is 7.05 Å². The van der Waals surface area contributed by atoms with Crippen molar-refractivity contribution in [1.29, 1.82) is 0 Å². The molecule has 0 saturated carbocycles. The number of carbonyl (C=O) groups is 1. The molecule has 0 atom stereocenters. The summed E-state index contributed by atoms with van der Waals surface area (Å²) in [6.45, 7) is 0. The molecule has 2 aromatic rings. The van der Waals surface area contributed by atoms with Gasteiger partial charge in [0.2, 0.25) is 0 Å². The Hall–Kier alpha value is -1.43. The number of methoxy groups -OCH3 is 1. The standard InChI is InChI=1S/C9H8BrN3O2/c1-13-8-6(7(10)12-13)3-5(4-11-8)9(14)15-2/h3-4H,1-2H3. The molecule has 2 aromatic heterocycles. The number of hydrogen-bond donors (Lipinski definition) is 0. The number of aromatic nitrogens is 3. The Labute approximate surface area is 94.2 Å². The Morgan fingerprint density at radius 1 is 1.60 bits per heavy atom. The minimum Gasteiger partial charge on any atom is -0.465 e. The highest BCUT2D eigenvalue weighted by molar-refractivity contribution is 9.10. The minimum atomic E-state index is -0.403. The van der Waals surface area contributed by atoms with E-state index in [2.05, 4.69) is 30.7 Å². The molecule has 0 radical (unpaired) electrons. The second-order valence-corrected chi connectivity index (χ2v) is 3.75. The number of rotatable bonds is 1. The highest BCUT2D eigenvalue weighted by Gasteiger charge is 2.12. The van der Waals surface area contributed by atoms with Crippen LogP contribution in [0.4, 0.5) is 0 Å². The predicted octanol–water partition coefficient (Wildman–Crippen LogP) is 1.52. The molecule has 0 aliphatic carbocycles. The molecule has 0 aliphatic heterocycles. The number of fused-ring (bicyclic) bond motifs is 1. The summed E-state index contributed by atoms with van der Waals surface area (Å²) in [4.78, 5) is 15.4. The van der Waals surface area contributed by atoms with Crippen LogP contribution in [0.2, 0.25) is 0 Å². The summed E-state index contributed by atoms with van der Waals surface area (Å²) >= 11 is 3.30. The lowest BCUT2D eigenvalue weighted by Gasteiger charge is -1.98. The average Bonchev–Trinajstić information content (AvgIpc) is 2.53. The van der Waals surface area contributed by atoms with Gasteiger partial charge in [-0.05, 0) is 22.0 Å². The van der Waals surface area contributed by atoms with Crippen LogP contribution in [0.5, 0.6) is 0 Å². The van der Waals surface area contributed by atoms with Crippen molar-refractivity contribution in [3.8, 4) is 0 Å². The Kier molecular flexibility index (Phi) is 2.44. The molecule has 0 unspecified atom stereocenters. The lowest BCUT2D eigenvalue weighted by Crippen LogP contribution is -2.02. The van der Waals surface area contributed by atoms with Crippen LogP contribution < -0.4 is 0 Å². The van der Waals surface area contributed by atoms with Crippen LogP contribution in [0.1, 0.15) is 10.4 Å². The van der Waals surface area contributed by atoms with Gasteiger partial charge in [0, 0.05) is 13.2 Å². The van der Waals surface area contributed by atoms with Crippen LogP contribution in [0.3, 0.4) is 0 Å². The van der Waals surface area contributed by atoms with Crippen LogP contribution >= 0.6 is 15.9 Å². The molecule has 15 heavy (non-hydrogen) atoms. The quantitative estimate of drug-likeness (QED) is 0.737. The smallest absolute Gasteiger partial charge is 0.339 e. The molecular formula is C9H8BrN3O2. The van der Waals surface area contributed by atoms with Crippen LogP contribution in [0.25, 0.3) is 11.0 Å². The number of ether oxygens (including phenoxy) is 1. The van der Waals surface area contributed by atoms with Gasteiger partial charge in [0.05, 0.1) is 18.1 Å². The van der Waals surface area contributed by atoms with Gasteiger partial charge in [0.25, 0.3) is 0 Å². The fourth-order valence-electron chi connectivity index (χ4n) is 1.33. The summed E-state index contributed by atoms with van der Waals surface area (Å²) in [5.74, 6) is -0.403. The van der Waals surface area contributed by atoms with Crippen LogP contribution in [0, 0.1) is 0 Å². The monoisotopic (exact) mass is 269 g/mol. The largest absolute Gasteiger partial charge is 0.465 e. The second kappa shape index (κ2) is 3.62. The molecular weight excluding hydrogens is 262 g/mol. The van der Waals surface area contributed by atoms with E-state index in [-0.39, 0.29) is 0 Å². The first-order valence-electron chi connectivity index (χ1n) is 4.20. The zero-order valence-corrected chi connectivity index (χ0v) is 9.78. The van der Waals surface area contributed by atoms with Crippen LogP contribution in [0.15, 0.2) is 16.9 Å². The third-order valence-corrected chi connectivity index (χ3v) is 2.64. The van der Waals surface area contributed by atoms with Gasteiger partial charge in [0.15, 0.2) is 5.65 Å². The van der Waals surface area contributed by atoms with Crippen molar-refractivity contribution >= 4 is 32.9 Å². The van der Waals surface area contributed by atoms with Crippen molar-refractivity contribution in [1.82, 2.24) is 14.8 Å². The molecule has 2 rings (SSSR count). The molecule has 5 nitrogen and oxygen atoms in total. The van der Waals surface area contributed by atoms with Gasteiger partial charge in [-0.15, -0.1) is 0 Å². The van der Waals surface area contributed by atoms with E-state index in [1.54, 1.807) is 17.8 Å². The van der Waals surface area contributed by atoms with Crippen LogP contribution in [-0.2, 0) is 11.8 Å². The maximum absolute atomic E-state index is 11.3. The number of pyridine rings is 1. The highest BCUT2D eigenvalue weighted by atomic mass is 79.9. The van der Waals surface area contributed by atoms with E-state index >= 15 is 0 Å². The molecule has 0 bridgehead atoms. The Balaban J connectivity index is 2.65. The molecule has 0 spiro atoms. The number of nitrogens with zero attached hydrogens (tertiary/aromatic N) is 3. The Bertz CT molecular complexity index is 535. The Morgan fingerprint density at radius 3 is 3.00 bits per heavy atom. The van der Waals surface area contributed by atoms with Gasteiger partial charge < -0.3 is 4.74 Å². The van der Waals surface area contributed by atoms with E-state index in [0.717, 1.165) is 11.0 Å². The van der Waals surface area contributed by atoms with Crippen molar-refractivity contribution in [2.45, 2.75) is 0 Å². The zero-order valence-electron chi connectivity index (χ0n) is 8.19. The first-order chi connectivity index (χ1) is 7.13. The lowest BCUT2D eigenvalue weighted by atomic mass is 10.2. The molecule has 0 N–H and O–H groups in total. The van der Waals surface area contributed by atoms with Crippen molar-refractivity contribution < 1.29 is 9.53 Å². The number of carbonyl (C=O) groups excluding carboxylic acids is 1. The van der Waals surface area contributed by atoms with Gasteiger partial charge in [-0.2, -0.15) is 5.10 Å².